The quantitative estimate of drug-likeness (QED) is 0.562. The third-order valence-corrected chi connectivity index (χ3v) is 4.64. The summed E-state index contributed by atoms with van der Waals surface area (Å²) >= 11 is 0. The maximum Gasteiger partial charge on any atom is 0.332 e. The van der Waals surface area contributed by atoms with Crippen LogP contribution in [0.3, 0.4) is 0 Å². The lowest BCUT2D eigenvalue weighted by Crippen LogP contribution is -2.41. The topological polar surface area (TPSA) is 69.8 Å². The Morgan fingerprint density at radius 2 is 1.70 bits per heavy atom. The van der Waals surface area contributed by atoms with Gasteiger partial charge in [-0.15, -0.1) is 0 Å². The average molecular weight is 358 g/mol. The van der Waals surface area contributed by atoms with Crippen LogP contribution >= 0.6 is 0 Å². The van der Waals surface area contributed by atoms with Gasteiger partial charge >= 0.3 is 5.69 Å². The van der Waals surface area contributed by atoms with Crippen LogP contribution in [-0.4, -0.2) is 19.1 Å². The van der Waals surface area contributed by atoms with Crippen LogP contribution in [-0.2, 0) is 13.1 Å². The van der Waals surface area contributed by atoms with Crippen molar-refractivity contribution in [2.45, 2.75) is 20.0 Å². The van der Waals surface area contributed by atoms with Crippen LogP contribution in [0.4, 0.5) is 0 Å². The second-order valence-electron chi connectivity index (χ2n) is 6.42. The van der Waals surface area contributed by atoms with Crippen molar-refractivity contribution in [3.05, 3.63) is 105 Å². The minimum atomic E-state index is -0.388. The summed E-state index contributed by atoms with van der Waals surface area (Å²) in [6, 6.07) is 15.0. The molecular weight excluding hydrogens is 340 g/mol. The zero-order chi connectivity index (χ0) is 18.8. The summed E-state index contributed by atoms with van der Waals surface area (Å²) in [4.78, 5) is 34.4. The molecular formula is C21H18N4O2. The number of pyridine rings is 2. The van der Waals surface area contributed by atoms with Crippen LogP contribution in [0.15, 0.2) is 76.7 Å². The lowest BCUT2D eigenvalue weighted by atomic mass is 10.1. The Balaban J connectivity index is 1.93. The van der Waals surface area contributed by atoms with Crippen LogP contribution in [0.5, 0.6) is 0 Å². The molecule has 27 heavy (non-hydrogen) atoms. The van der Waals surface area contributed by atoms with Crippen LogP contribution in [0.2, 0.25) is 0 Å². The zero-order valence-electron chi connectivity index (χ0n) is 14.9. The van der Waals surface area contributed by atoms with Crippen LogP contribution < -0.4 is 11.2 Å². The highest BCUT2D eigenvalue weighted by Gasteiger charge is 2.15. The van der Waals surface area contributed by atoms with Crippen LogP contribution in [0.1, 0.15) is 16.7 Å². The molecule has 4 aromatic rings. The summed E-state index contributed by atoms with van der Waals surface area (Å²) in [5.74, 6) is 0. The number of aromatic nitrogens is 4. The van der Waals surface area contributed by atoms with E-state index in [1.807, 2.05) is 37.3 Å². The van der Waals surface area contributed by atoms with Gasteiger partial charge in [0.15, 0.2) is 5.52 Å². The molecule has 0 saturated carbocycles. The molecule has 0 unspecified atom stereocenters. The van der Waals surface area contributed by atoms with Crippen molar-refractivity contribution < 1.29 is 0 Å². The first kappa shape index (κ1) is 16.9. The second kappa shape index (κ2) is 6.99. The predicted molar refractivity (Wildman–Crippen MR) is 104 cm³/mol. The fraction of sp³-hybridized carbons (Fsp3) is 0.143. The Morgan fingerprint density at radius 3 is 2.48 bits per heavy atom. The third-order valence-electron chi connectivity index (χ3n) is 4.64. The van der Waals surface area contributed by atoms with Gasteiger partial charge in [0.2, 0.25) is 0 Å². The van der Waals surface area contributed by atoms with Gasteiger partial charge < -0.3 is 0 Å². The van der Waals surface area contributed by atoms with E-state index in [-0.39, 0.29) is 23.3 Å². The Morgan fingerprint density at radius 1 is 0.889 bits per heavy atom. The van der Waals surface area contributed by atoms with E-state index in [1.54, 1.807) is 41.4 Å². The first-order valence-electron chi connectivity index (χ1n) is 8.67. The monoisotopic (exact) mass is 358 g/mol. The fourth-order valence-electron chi connectivity index (χ4n) is 3.17. The molecule has 0 amide bonds. The SMILES string of the molecule is Cc1ccccc1Cn1c(=O)n(Cc2cccnc2)c(=O)c2ncccc21. The number of hydrogen-bond acceptors (Lipinski definition) is 4. The molecule has 0 fully saturated rings. The number of fused-ring (bicyclic) bond motifs is 1. The van der Waals surface area contributed by atoms with E-state index in [0.29, 0.717) is 12.1 Å². The lowest BCUT2D eigenvalue weighted by Gasteiger charge is -2.14. The molecule has 1 aromatic carbocycles. The summed E-state index contributed by atoms with van der Waals surface area (Å²) in [7, 11) is 0. The number of hydrogen-bond donors (Lipinski definition) is 0. The summed E-state index contributed by atoms with van der Waals surface area (Å²) in [6.45, 7) is 2.54. The van der Waals surface area contributed by atoms with Crippen molar-refractivity contribution in [1.29, 1.82) is 0 Å². The van der Waals surface area contributed by atoms with Crippen molar-refractivity contribution in [2.24, 2.45) is 0 Å². The van der Waals surface area contributed by atoms with E-state index in [2.05, 4.69) is 9.97 Å². The number of nitrogens with zero attached hydrogens (tertiary/aromatic N) is 4. The molecule has 0 aliphatic heterocycles. The van der Waals surface area contributed by atoms with Crippen molar-refractivity contribution in [2.75, 3.05) is 0 Å². The highest BCUT2D eigenvalue weighted by Crippen LogP contribution is 2.12. The van der Waals surface area contributed by atoms with Crippen molar-refractivity contribution in [3.63, 3.8) is 0 Å². The van der Waals surface area contributed by atoms with Gasteiger partial charge in [-0.05, 0) is 41.8 Å². The summed E-state index contributed by atoms with van der Waals surface area (Å²) in [5.41, 5.74) is 2.98. The maximum absolute atomic E-state index is 13.2. The van der Waals surface area contributed by atoms with Gasteiger partial charge in [-0.3, -0.25) is 18.9 Å². The molecule has 0 aliphatic carbocycles. The molecule has 0 spiro atoms. The normalized spacial score (nSPS) is 11.0. The highest BCUT2D eigenvalue weighted by atomic mass is 16.2. The Bertz CT molecular complexity index is 1230. The van der Waals surface area contributed by atoms with Crippen molar-refractivity contribution >= 4 is 11.0 Å². The van der Waals surface area contributed by atoms with E-state index in [1.165, 1.54) is 4.57 Å². The van der Waals surface area contributed by atoms with E-state index < -0.39 is 0 Å². The van der Waals surface area contributed by atoms with Gasteiger partial charge in [0.05, 0.1) is 18.6 Å². The van der Waals surface area contributed by atoms with Gasteiger partial charge in [-0.1, -0.05) is 30.3 Å². The molecule has 0 atom stereocenters. The zero-order valence-corrected chi connectivity index (χ0v) is 14.9. The molecule has 3 heterocycles. The second-order valence-corrected chi connectivity index (χ2v) is 6.42. The van der Waals surface area contributed by atoms with Gasteiger partial charge in [0, 0.05) is 18.6 Å². The summed E-state index contributed by atoms with van der Waals surface area (Å²) in [5, 5.41) is 0. The van der Waals surface area contributed by atoms with E-state index >= 15 is 0 Å². The first-order chi connectivity index (χ1) is 13.1. The Labute approximate surface area is 155 Å². The van der Waals surface area contributed by atoms with E-state index in [0.717, 1.165) is 16.7 Å². The first-order valence-corrected chi connectivity index (χ1v) is 8.67. The average Bonchev–Trinajstić information content (AvgIpc) is 2.70. The summed E-state index contributed by atoms with van der Waals surface area (Å²) < 4.78 is 2.84. The minimum Gasteiger partial charge on any atom is -0.287 e. The molecule has 6 heteroatoms. The van der Waals surface area contributed by atoms with E-state index in [4.69, 9.17) is 0 Å². The minimum absolute atomic E-state index is 0.159. The van der Waals surface area contributed by atoms with Crippen LogP contribution in [0, 0.1) is 6.92 Å². The number of benzene rings is 1. The van der Waals surface area contributed by atoms with E-state index in [9.17, 15) is 9.59 Å². The van der Waals surface area contributed by atoms with Gasteiger partial charge in [-0.25, -0.2) is 9.78 Å². The maximum atomic E-state index is 13.2. The highest BCUT2D eigenvalue weighted by molar-refractivity contribution is 5.73. The predicted octanol–water partition coefficient (Wildman–Crippen LogP) is 2.36. The fourth-order valence-corrected chi connectivity index (χ4v) is 3.17. The molecule has 4 rings (SSSR count). The molecule has 0 radical (unpaired) electrons. The molecule has 6 nitrogen and oxygen atoms in total. The summed E-state index contributed by atoms with van der Waals surface area (Å²) in [6.07, 6.45) is 4.88. The van der Waals surface area contributed by atoms with Crippen molar-refractivity contribution in [1.82, 2.24) is 19.1 Å². The van der Waals surface area contributed by atoms with Gasteiger partial charge in [-0.2, -0.15) is 0 Å². The Kier molecular flexibility index (Phi) is 4.38. The van der Waals surface area contributed by atoms with Crippen LogP contribution in [0.25, 0.3) is 11.0 Å². The number of aryl methyl sites for hydroxylation is 1. The molecule has 134 valence electrons. The molecule has 3 aromatic heterocycles. The molecule has 0 N–H and O–H groups in total. The molecule has 0 bridgehead atoms. The largest absolute Gasteiger partial charge is 0.332 e. The number of rotatable bonds is 4. The molecule has 0 saturated heterocycles. The Hall–Kier alpha value is -3.54. The smallest absolute Gasteiger partial charge is 0.287 e. The van der Waals surface area contributed by atoms with Gasteiger partial charge in [0.25, 0.3) is 5.56 Å². The molecule has 0 aliphatic rings. The third kappa shape index (κ3) is 3.17. The van der Waals surface area contributed by atoms with Gasteiger partial charge in [0.1, 0.15) is 0 Å². The van der Waals surface area contributed by atoms with Crippen molar-refractivity contribution in [3.8, 4) is 0 Å². The lowest BCUT2D eigenvalue weighted by molar-refractivity contribution is 0.631. The standard InChI is InChI=1S/C21H18N4O2/c1-15-6-2-3-8-17(15)14-24-18-9-5-11-23-19(18)20(26)25(21(24)27)13-16-7-4-10-22-12-16/h2-12H,13-14H2,1H3.